The Morgan fingerprint density at radius 3 is 2.83 bits per heavy atom. The summed E-state index contributed by atoms with van der Waals surface area (Å²) in [6.07, 6.45) is 1.11. The maximum atomic E-state index is 12.1. The van der Waals surface area contributed by atoms with E-state index < -0.39 is 6.10 Å². The molecule has 0 saturated carbocycles. The van der Waals surface area contributed by atoms with Crippen molar-refractivity contribution >= 4 is 11.6 Å². The van der Waals surface area contributed by atoms with E-state index in [1.54, 1.807) is 18.3 Å². The molecule has 0 radical (unpaired) electrons. The second-order valence-corrected chi connectivity index (χ2v) is 5.79. The van der Waals surface area contributed by atoms with Crippen LogP contribution < -0.4 is 15.4 Å². The van der Waals surface area contributed by atoms with E-state index in [0.717, 1.165) is 17.9 Å². The third kappa shape index (κ3) is 4.10. The van der Waals surface area contributed by atoms with Crippen molar-refractivity contribution in [2.75, 3.05) is 25.0 Å². The molecule has 1 unspecified atom stereocenters. The summed E-state index contributed by atoms with van der Waals surface area (Å²) in [5.74, 6) is 1.04. The lowest BCUT2D eigenvalue weighted by Gasteiger charge is -2.22. The van der Waals surface area contributed by atoms with Gasteiger partial charge in [-0.25, -0.2) is 4.98 Å². The molecule has 0 bridgehead atoms. The lowest BCUT2D eigenvalue weighted by molar-refractivity contribution is -0.128. The molecular weight excluding hydrogens is 306 g/mol. The van der Waals surface area contributed by atoms with Crippen molar-refractivity contribution < 1.29 is 14.3 Å². The minimum Gasteiger partial charge on any atom is -0.439 e. The number of ether oxygens (including phenoxy) is 2. The minimum absolute atomic E-state index is 0.174. The molecule has 1 aliphatic heterocycles. The molecule has 1 amide bonds. The quantitative estimate of drug-likeness (QED) is 0.902. The molecule has 6 heteroatoms. The van der Waals surface area contributed by atoms with E-state index in [4.69, 9.17) is 9.47 Å². The first-order chi connectivity index (χ1) is 11.6. The number of benzene rings is 1. The van der Waals surface area contributed by atoms with Gasteiger partial charge in [0.1, 0.15) is 11.9 Å². The molecule has 2 N–H and O–H groups in total. The monoisotopic (exact) mass is 327 g/mol. The highest BCUT2D eigenvalue weighted by Gasteiger charge is 2.21. The number of nitrogens with zero attached hydrogens (tertiary/aromatic N) is 1. The molecule has 1 aromatic carbocycles. The zero-order chi connectivity index (χ0) is 16.9. The molecular formula is C18H21N3O3. The molecule has 126 valence electrons. The Kier molecular flexibility index (Phi) is 5.08. The van der Waals surface area contributed by atoms with E-state index in [1.165, 1.54) is 5.56 Å². The molecule has 1 aliphatic rings. The number of amides is 1. The normalized spacial score (nSPS) is 17.3. The Hall–Kier alpha value is -2.44. The predicted molar refractivity (Wildman–Crippen MR) is 91.5 cm³/mol. The van der Waals surface area contributed by atoms with Gasteiger partial charge in [0.2, 0.25) is 5.88 Å². The third-order valence-corrected chi connectivity index (χ3v) is 3.92. The zero-order valence-corrected chi connectivity index (χ0v) is 13.8. The number of hydrogen-bond acceptors (Lipinski definition) is 5. The second-order valence-electron chi connectivity index (χ2n) is 5.79. The summed E-state index contributed by atoms with van der Waals surface area (Å²) in [5.41, 5.74) is 2.99. The van der Waals surface area contributed by atoms with Crippen LogP contribution >= 0.6 is 0 Å². The van der Waals surface area contributed by atoms with Crippen LogP contribution in [0, 0.1) is 13.8 Å². The van der Waals surface area contributed by atoms with Gasteiger partial charge in [-0.2, -0.15) is 0 Å². The van der Waals surface area contributed by atoms with Gasteiger partial charge < -0.3 is 20.1 Å². The highest BCUT2D eigenvalue weighted by atomic mass is 16.5. The van der Waals surface area contributed by atoms with E-state index in [0.29, 0.717) is 24.7 Å². The number of aryl methyl sites for hydroxylation is 2. The summed E-state index contributed by atoms with van der Waals surface area (Å²) < 4.78 is 11.1. The SMILES string of the molecule is Cc1ccc(Oc2ccc(NC(=O)C3CNCCO3)cn2)cc1C. The highest BCUT2D eigenvalue weighted by molar-refractivity contribution is 5.94. The third-order valence-electron chi connectivity index (χ3n) is 3.92. The van der Waals surface area contributed by atoms with Gasteiger partial charge >= 0.3 is 0 Å². The standard InChI is InChI=1S/C18H21N3O3/c1-12-3-5-15(9-13(12)2)24-17-6-4-14(10-20-17)21-18(22)16-11-19-7-8-23-16/h3-6,9-10,16,19H,7-8,11H2,1-2H3,(H,21,22). The molecule has 2 heterocycles. The van der Waals surface area contributed by atoms with Crippen LogP contribution in [0.25, 0.3) is 0 Å². The van der Waals surface area contributed by atoms with Gasteiger partial charge in [-0.3, -0.25) is 4.79 Å². The number of nitrogens with one attached hydrogen (secondary N) is 2. The lowest BCUT2D eigenvalue weighted by Crippen LogP contribution is -2.45. The van der Waals surface area contributed by atoms with Crippen LogP contribution in [0.2, 0.25) is 0 Å². The Labute approximate surface area is 141 Å². The highest BCUT2D eigenvalue weighted by Crippen LogP contribution is 2.23. The average molecular weight is 327 g/mol. The Morgan fingerprint density at radius 1 is 1.29 bits per heavy atom. The van der Waals surface area contributed by atoms with Crippen molar-refractivity contribution in [3.63, 3.8) is 0 Å². The van der Waals surface area contributed by atoms with Crippen LogP contribution in [0.15, 0.2) is 36.5 Å². The van der Waals surface area contributed by atoms with Gasteiger partial charge in [-0.1, -0.05) is 6.07 Å². The summed E-state index contributed by atoms with van der Waals surface area (Å²) in [7, 11) is 0. The van der Waals surface area contributed by atoms with E-state index in [2.05, 4.69) is 22.5 Å². The second kappa shape index (κ2) is 7.42. The molecule has 1 fully saturated rings. The summed E-state index contributed by atoms with van der Waals surface area (Å²) in [6.45, 7) is 5.93. The smallest absolute Gasteiger partial charge is 0.254 e. The molecule has 6 nitrogen and oxygen atoms in total. The van der Waals surface area contributed by atoms with Crippen molar-refractivity contribution in [3.05, 3.63) is 47.7 Å². The van der Waals surface area contributed by atoms with Crippen molar-refractivity contribution in [1.29, 1.82) is 0 Å². The number of anilines is 1. The van der Waals surface area contributed by atoms with Crippen LogP contribution in [0.5, 0.6) is 11.6 Å². The van der Waals surface area contributed by atoms with Crippen molar-refractivity contribution in [2.24, 2.45) is 0 Å². The van der Waals surface area contributed by atoms with Crippen molar-refractivity contribution in [3.8, 4) is 11.6 Å². The number of aromatic nitrogens is 1. The Morgan fingerprint density at radius 2 is 2.17 bits per heavy atom. The van der Waals surface area contributed by atoms with Gasteiger partial charge in [-0.15, -0.1) is 0 Å². The molecule has 1 aromatic heterocycles. The molecule has 0 aliphatic carbocycles. The van der Waals surface area contributed by atoms with Crippen LogP contribution in [-0.4, -0.2) is 36.7 Å². The first kappa shape index (κ1) is 16.4. The fourth-order valence-electron chi connectivity index (χ4n) is 2.37. The van der Waals surface area contributed by atoms with Gasteiger partial charge in [0.15, 0.2) is 0 Å². The maximum absolute atomic E-state index is 12.1. The van der Waals surface area contributed by atoms with Gasteiger partial charge in [-0.05, 0) is 43.2 Å². The van der Waals surface area contributed by atoms with Crippen LogP contribution in [-0.2, 0) is 9.53 Å². The number of hydrogen-bond donors (Lipinski definition) is 2. The first-order valence-electron chi connectivity index (χ1n) is 7.96. The van der Waals surface area contributed by atoms with Crippen LogP contribution in [0.1, 0.15) is 11.1 Å². The van der Waals surface area contributed by atoms with Gasteiger partial charge in [0.05, 0.1) is 18.5 Å². The van der Waals surface area contributed by atoms with E-state index in [1.807, 2.05) is 25.1 Å². The Balaban J connectivity index is 1.60. The maximum Gasteiger partial charge on any atom is 0.254 e. The topological polar surface area (TPSA) is 72.5 Å². The summed E-state index contributed by atoms with van der Waals surface area (Å²) >= 11 is 0. The van der Waals surface area contributed by atoms with E-state index in [9.17, 15) is 4.79 Å². The minimum atomic E-state index is -0.467. The predicted octanol–water partition coefficient (Wildman–Crippen LogP) is 2.42. The van der Waals surface area contributed by atoms with Gasteiger partial charge in [0, 0.05) is 19.2 Å². The number of pyridine rings is 1. The Bertz CT molecular complexity index is 710. The van der Waals surface area contributed by atoms with Crippen molar-refractivity contribution in [1.82, 2.24) is 10.3 Å². The molecule has 2 aromatic rings. The molecule has 24 heavy (non-hydrogen) atoms. The van der Waals surface area contributed by atoms with Crippen LogP contribution in [0.4, 0.5) is 5.69 Å². The zero-order valence-electron chi connectivity index (χ0n) is 13.8. The fraction of sp³-hybridized carbons (Fsp3) is 0.333. The average Bonchev–Trinajstić information content (AvgIpc) is 2.61. The summed E-state index contributed by atoms with van der Waals surface area (Å²) in [5, 5.41) is 5.92. The van der Waals surface area contributed by atoms with Gasteiger partial charge in [0.25, 0.3) is 5.91 Å². The van der Waals surface area contributed by atoms with E-state index >= 15 is 0 Å². The lowest BCUT2D eigenvalue weighted by atomic mass is 10.1. The molecule has 0 spiro atoms. The fourth-order valence-corrected chi connectivity index (χ4v) is 2.37. The van der Waals surface area contributed by atoms with E-state index in [-0.39, 0.29) is 5.91 Å². The number of carbonyl (C=O) groups excluding carboxylic acids is 1. The van der Waals surface area contributed by atoms with Crippen LogP contribution in [0.3, 0.4) is 0 Å². The summed E-state index contributed by atoms with van der Waals surface area (Å²) in [6, 6.07) is 9.38. The molecule has 3 rings (SSSR count). The first-order valence-corrected chi connectivity index (χ1v) is 7.96. The molecule has 1 saturated heterocycles. The van der Waals surface area contributed by atoms with Crippen molar-refractivity contribution in [2.45, 2.75) is 20.0 Å². The molecule has 1 atom stereocenters. The number of carbonyl (C=O) groups is 1. The summed E-state index contributed by atoms with van der Waals surface area (Å²) in [4.78, 5) is 16.3. The number of rotatable bonds is 4. The number of morpholine rings is 1. The largest absolute Gasteiger partial charge is 0.439 e.